The van der Waals surface area contributed by atoms with Crippen LogP contribution in [0.5, 0.6) is 5.75 Å². The lowest BCUT2D eigenvalue weighted by Crippen LogP contribution is -2.37. The Balaban J connectivity index is 2.94. The molecule has 0 aliphatic heterocycles. The Morgan fingerprint density at radius 1 is 1.40 bits per heavy atom. The molecule has 0 radical (unpaired) electrons. The van der Waals surface area contributed by atoms with Gasteiger partial charge >= 0.3 is 5.97 Å². The molecule has 1 rings (SSSR count). The number of carboxylic acids is 1. The maximum absolute atomic E-state index is 12.0. The second kappa shape index (κ2) is 6.91. The minimum absolute atomic E-state index is 0.00380. The highest BCUT2D eigenvalue weighted by Gasteiger charge is 2.18. The van der Waals surface area contributed by atoms with E-state index in [1.54, 1.807) is 0 Å². The van der Waals surface area contributed by atoms with Crippen LogP contribution in [-0.4, -0.2) is 30.1 Å². The number of aromatic carboxylic acids is 1. The number of rotatable bonds is 6. The van der Waals surface area contributed by atoms with Gasteiger partial charge in [-0.05, 0) is 24.5 Å². The molecule has 1 atom stereocenters. The number of ether oxygens (including phenoxy) is 1. The lowest BCUT2D eigenvalue weighted by atomic mass is 10.0. The topological polar surface area (TPSA) is 102 Å². The van der Waals surface area contributed by atoms with Crippen LogP contribution in [0, 0.1) is 5.92 Å². The molecule has 0 fully saturated rings. The van der Waals surface area contributed by atoms with Crippen molar-refractivity contribution in [3.8, 4) is 5.75 Å². The van der Waals surface area contributed by atoms with E-state index in [4.69, 9.17) is 15.6 Å². The van der Waals surface area contributed by atoms with Crippen LogP contribution in [-0.2, 0) is 4.79 Å². The number of nitrogens with one attached hydrogen (secondary N) is 1. The highest BCUT2D eigenvalue weighted by molar-refractivity contribution is 6.02. The standard InChI is InChI=1S/C14H20N2O4/c1-8(2)6-11(15)13(17)16-12-7-9(20-3)4-5-10(12)14(18)19/h4-5,7-8,11H,6,15H2,1-3H3,(H,16,17)(H,18,19)/t11-/m0/s1. The quantitative estimate of drug-likeness (QED) is 0.736. The van der Waals surface area contributed by atoms with E-state index in [9.17, 15) is 9.59 Å². The Kier molecular flexibility index (Phi) is 5.52. The van der Waals surface area contributed by atoms with Gasteiger partial charge in [0.15, 0.2) is 0 Å². The molecule has 0 bridgehead atoms. The lowest BCUT2D eigenvalue weighted by molar-refractivity contribution is -0.117. The second-order valence-electron chi connectivity index (χ2n) is 4.94. The maximum atomic E-state index is 12.0. The molecule has 0 spiro atoms. The van der Waals surface area contributed by atoms with Gasteiger partial charge in [0.2, 0.25) is 5.91 Å². The Labute approximate surface area is 117 Å². The zero-order chi connectivity index (χ0) is 15.3. The SMILES string of the molecule is COc1ccc(C(=O)O)c(NC(=O)[C@@H](N)CC(C)C)c1. The highest BCUT2D eigenvalue weighted by Crippen LogP contribution is 2.23. The Bertz CT molecular complexity index is 500. The van der Waals surface area contributed by atoms with Crippen LogP contribution in [0.3, 0.4) is 0 Å². The Hall–Kier alpha value is -2.08. The summed E-state index contributed by atoms with van der Waals surface area (Å²) in [6.07, 6.45) is 0.526. The third kappa shape index (κ3) is 4.24. The molecule has 0 aromatic heterocycles. The summed E-state index contributed by atoms with van der Waals surface area (Å²) in [7, 11) is 1.46. The van der Waals surface area contributed by atoms with E-state index in [0.717, 1.165) is 0 Å². The summed E-state index contributed by atoms with van der Waals surface area (Å²) < 4.78 is 5.02. The van der Waals surface area contributed by atoms with Gasteiger partial charge in [0.05, 0.1) is 24.4 Å². The average Bonchev–Trinajstić information content (AvgIpc) is 2.37. The number of anilines is 1. The van der Waals surface area contributed by atoms with Crippen molar-refractivity contribution < 1.29 is 19.4 Å². The molecule has 0 aliphatic carbocycles. The smallest absolute Gasteiger partial charge is 0.337 e. The van der Waals surface area contributed by atoms with Gasteiger partial charge in [-0.15, -0.1) is 0 Å². The van der Waals surface area contributed by atoms with Gasteiger partial charge in [0.25, 0.3) is 0 Å². The first kappa shape index (κ1) is 16.0. The summed E-state index contributed by atoms with van der Waals surface area (Å²) >= 11 is 0. The van der Waals surface area contributed by atoms with Gasteiger partial charge in [-0.2, -0.15) is 0 Å². The van der Waals surface area contributed by atoms with Crippen LogP contribution in [0.1, 0.15) is 30.6 Å². The molecule has 6 nitrogen and oxygen atoms in total. The minimum Gasteiger partial charge on any atom is -0.497 e. The number of carbonyl (C=O) groups excluding carboxylic acids is 1. The largest absolute Gasteiger partial charge is 0.497 e. The predicted octanol–water partition coefficient (Wildman–Crippen LogP) is 1.71. The molecule has 20 heavy (non-hydrogen) atoms. The van der Waals surface area contributed by atoms with E-state index in [-0.39, 0.29) is 17.2 Å². The molecule has 1 amide bonds. The predicted molar refractivity (Wildman–Crippen MR) is 76.0 cm³/mol. The third-order valence-electron chi connectivity index (χ3n) is 2.78. The molecular formula is C14H20N2O4. The number of amides is 1. The molecule has 0 unspecified atom stereocenters. The Morgan fingerprint density at radius 3 is 2.55 bits per heavy atom. The van der Waals surface area contributed by atoms with Crippen LogP contribution in [0.15, 0.2) is 18.2 Å². The molecule has 1 aromatic rings. The van der Waals surface area contributed by atoms with E-state index in [2.05, 4.69) is 5.32 Å². The van der Waals surface area contributed by atoms with Crippen molar-refractivity contribution in [3.63, 3.8) is 0 Å². The summed E-state index contributed by atoms with van der Waals surface area (Å²) in [5.41, 5.74) is 5.95. The summed E-state index contributed by atoms with van der Waals surface area (Å²) in [5, 5.41) is 11.6. The van der Waals surface area contributed by atoms with Gasteiger partial charge in [0, 0.05) is 6.07 Å². The van der Waals surface area contributed by atoms with Crippen molar-refractivity contribution in [3.05, 3.63) is 23.8 Å². The number of hydrogen-bond donors (Lipinski definition) is 3. The molecule has 0 saturated heterocycles. The first-order valence-electron chi connectivity index (χ1n) is 6.33. The fraction of sp³-hybridized carbons (Fsp3) is 0.429. The number of hydrogen-bond acceptors (Lipinski definition) is 4. The van der Waals surface area contributed by atoms with E-state index in [1.165, 1.54) is 25.3 Å². The number of carboxylic acid groups (broad SMARTS) is 1. The van der Waals surface area contributed by atoms with E-state index in [0.29, 0.717) is 12.2 Å². The van der Waals surface area contributed by atoms with Crippen molar-refractivity contribution in [1.29, 1.82) is 0 Å². The zero-order valence-corrected chi connectivity index (χ0v) is 11.8. The Morgan fingerprint density at radius 2 is 2.05 bits per heavy atom. The van der Waals surface area contributed by atoms with E-state index < -0.39 is 17.9 Å². The van der Waals surface area contributed by atoms with Gasteiger partial charge in [-0.3, -0.25) is 4.79 Å². The van der Waals surface area contributed by atoms with Crippen LogP contribution in [0.25, 0.3) is 0 Å². The molecule has 0 aliphatic rings. The van der Waals surface area contributed by atoms with Crippen LogP contribution in [0.2, 0.25) is 0 Å². The van der Waals surface area contributed by atoms with E-state index in [1.807, 2.05) is 13.8 Å². The molecule has 0 heterocycles. The number of carbonyl (C=O) groups is 2. The molecule has 1 aromatic carbocycles. The number of benzene rings is 1. The number of nitrogens with two attached hydrogens (primary N) is 1. The highest BCUT2D eigenvalue weighted by atomic mass is 16.5. The third-order valence-corrected chi connectivity index (χ3v) is 2.78. The van der Waals surface area contributed by atoms with Crippen LogP contribution < -0.4 is 15.8 Å². The first-order valence-corrected chi connectivity index (χ1v) is 6.33. The molecule has 0 saturated carbocycles. The fourth-order valence-corrected chi connectivity index (χ4v) is 1.78. The normalized spacial score (nSPS) is 12.1. The van der Waals surface area contributed by atoms with Crippen molar-refractivity contribution in [1.82, 2.24) is 0 Å². The lowest BCUT2D eigenvalue weighted by Gasteiger charge is -2.15. The van der Waals surface area contributed by atoms with Crippen molar-refractivity contribution in [2.24, 2.45) is 11.7 Å². The van der Waals surface area contributed by atoms with E-state index >= 15 is 0 Å². The summed E-state index contributed by atoms with van der Waals surface area (Å²) in [4.78, 5) is 23.1. The van der Waals surface area contributed by atoms with Crippen molar-refractivity contribution >= 4 is 17.6 Å². The average molecular weight is 280 g/mol. The van der Waals surface area contributed by atoms with Crippen molar-refractivity contribution in [2.75, 3.05) is 12.4 Å². The maximum Gasteiger partial charge on any atom is 0.337 e. The summed E-state index contributed by atoms with van der Waals surface area (Å²) in [6.45, 7) is 3.92. The fourth-order valence-electron chi connectivity index (χ4n) is 1.78. The van der Waals surface area contributed by atoms with Crippen LogP contribution >= 0.6 is 0 Å². The minimum atomic E-state index is -1.12. The molecular weight excluding hydrogens is 260 g/mol. The second-order valence-corrected chi connectivity index (χ2v) is 4.94. The first-order chi connectivity index (χ1) is 9.35. The van der Waals surface area contributed by atoms with Gasteiger partial charge < -0.3 is 20.9 Å². The van der Waals surface area contributed by atoms with Gasteiger partial charge in [-0.1, -0.05) is 13.8 Å². The molecule has 4 N–H and O–H groups in total. The molecule has 110 valence electrons. The summed E-state index contributed by atoms with van der Waals surface area (Å²) in [6, 6.07) is 3.68. The zero-order valence-electron chi connectivity index (χ0n) is 11.8. The van der Waals surface area contributed by atoms with Crippen LogP contribution in [0.4, 0.5) is 5.69 Å². The number of methoxy groups -OCH3 is 1. The monoisotopic (exact) mass is 280 g/mol. The molecule has 6 heteroatoms. The van der Waals surface area contributed by atoms with Gasteiger partial charge in [-0.25, -0.2) is 4.79 Å². The van der Waals surface area contributed by atoms with Crippen molar-refractivity contribution in [2.45, 2.75) is 26.3 Å². The van der Waals surface area contributed by atoms with Gasteiger partial charge in [0.1, 0.15) is 5.75 Å². The summed E-state index contributed by atoms with van der Waals surface area (Å²) in [5.74, 6) is -0.794.